The zero-order valence-electron chi connectivity index (χ0n) is 16.5. The van der Waals surface area contributed by atoms with E-state index in [0.717, 1.165) is 43.2 Å². The summed E-state index contributed by atoms with van der Waals surface area (Å²) in [6, 6.07) is 13.1. The Morgan fingerprint density at radius 1 is 1.03 bits per heavy atom. The van der Waals surface area contributed by atoms with Crippen LogP contribution >= 0.6 is 11.8 Å². The van der Waals surface area contributed by atoms with Gasteiger partial charge in [0.05, 0.1) is 25.0 Å². The third-order valence-corrected chi connectivity index (χ3v) is 5.77. The van der Waals surface area contributed by atoms with Crippen LogP contribution in [0.4, 0.5) is 5.95 Å². The molecule has 1 aliphatic heterocycles. The van der Waals surface area contributed by atoms with Crippen molar-refractivity contribution in [2.45, 2.75) is 31.0 Å². The highest BCUT2D eigenvalue weighted by molar-refractivity contribution is 7.99. The summed E-state index contributed by atoms with van der Waals surface area (Å²) in [7, 11) is 0. The zero-order chi connectivity index (χ0) is 20.8. The molecule has 0 bridgehead atoms. The molecule has 30 heavy (non-hydrogen) atoms. The predicted molar refractivity (Wildman–Crippen MR) is 113 cm³/mol. The Morgan fingerprint density at radius 2 is 1.83 bits per heavy atom. The van der Waals surface area contributed by atoms with E-state index < -0.39 is 0 Å². The lowest BCUT2D eigenvalue weighted by atomic mass is 10.1. The monoisotopic (exact) mass is 425 g/mol. The van der Waals surface area contributed by atoms with Gasteiger partial charge in [0.25, 0.3) is 0 Å². The summed E-state index contributed by atoms with van der Waals surface area (Å²) in [5.41, 5.74) is 0.865. The van der Waals surface area contributed by atoms with Gasteiger partial charge < -0.3 is 9.32 Å². The predicted octanol–water partition coefficient (Wildman–Crippen LogP) is 2.50. The van der Waals surface area contributed by atoms with Crippen molar-refractivity contribution in [2.75, 3.05) is 23.7 Å². The molecule has 156 valence electrons. The minimum atomic E-state index is -0.351. The van der Waals surface area contributed by atoms with Crippen LogP contribution in [-0.4, -0.2) is 45.4 Å². The van der Waals surface area contributed by atoms with Gasteiger partial charge in [-0.25, -0.2) is 0 Å². The van der Waals surface area contributed by atoms with E-state index in [9.17, 15) is 9.59 Å². The van der Waals surface area contributed by atoms with Gasteiger partial charge in [-0.1, -0.05) is 42.1 Å². The van der Waals surface area contributed by atoms with Crippen molar-refractivity contribution in [1.29, 1.82) is 0 Å². The molecule has 1 saturated heterocycles. The third-order valence-electron chi connectivity index (χ3n) is 4.80. The van der Waals surface area contributed by atoms with E-state index in [-0.39, 0.29) is 24.0 Å². The number of aromatic nitrogens is 3. The second-order valence-corrected chi connectivity index (χ2v) is 8.01. The highest BCUT2D eigenvalue weighted by atomic mass is 32.2. The lowest BCUT2D eigenvalue weighted by Crippen LogP contribution is -2.33. The molecule has 9 heteroatoms. The molecule has 3 heterocycles. The quantitative estimate of drug-likeness (QED) is 0.554. The largest absolute Gasteiger partial charge is 0.467 e. The molecular weight excluding hydrogens is 402 g/mol. The van der Waals surface area contributed by atoms with Crippen molar-refractivity contribution >= 4 is 29.5 Å². The summed E-state index contributed by atoms with van der Waals surface area (Å²) >= 11 is 1.26. The molecule has 1 N–H and O–H groups in total. The van der Waals surface area contributed by atoms with Crippen LogP contribution in [0.5, 0.6) is 0 Å². The molecule has 1 fully saturated rings. The van der Waals surface area contributed by atoms with E-state index >= 15 is 0 Å². The van der Waals surface area contributed by atoms with Gasteiger partial charge in [0.2, 0.25) is 17.8 Å². The maximum Gasteiger partial charge on any atom is 0.237 e. The van der Waals surface area contributed by atoms with Crippen molar-refractivity contribution in [3.8, 4) is 0 Å². The third kappa shape index (κ3) is 5.10. The molecule has 2 aromatic heterocycles. The van der Waals surface area contributed by atoms with Crippen LogP contribution in [0.25, 0.3) is 0 Å². The normalized spacial score (nSPS) is 13.5. The number of hydrogen-bond donors (Lipinski definition) is 1. The molecule has 4 rings (SSSR count). The molecule has 1 aromatic carbocycles. The van der Waals surface area contributed by atoms with E-state index in [1.54, 1.807) is 6.26 Å². The molecule has 2 amide bonds. The number of imide groups is 1. The number of amides is 2. The SMILES string of the molecule is O=C(CSc1nnc(N2CCCC2)n1Cc1ccco1)NC(=O)Cc1ccccc1. The molecule has 0 spiro atoms. The van der Waals surface area contributed by atoms with Crippen LogP contribution in [0.15, 0.2) is 58.3 Å². The van der Waals surface area contributed by atoms with Gasteiger partial charge in [-0.15, -0.1) is 10.2 Å². The summed E-state index contributed by atoms with van der Waals surface area (Å²) in [4.78, 5) is 26.6. The summed E-state index contributed by atoms with van der Waals surface area (Å²) in [5, 5.41) is 11.7. The van der Waals surface area contributed by atoms with Gasteiger partial charge in [0.1, 0.15) is 5.76 Å². The van der Waals surface area contributed by atoms with Gasteiger partial charge in [-0.05, 0) is 30.5 Å². The highest BCUT2D eigenvalue weighted by Gasteiger charge is 2.22. The first-order valence-corrected chi connectivity index (χ1v) is 10.9. The van der Waals surface area contributed by atoms with Crippen molar-refractivity contribution in [1.82, 2.24) is 20.1 Å². The number of rotatable bonds is 8. The number of nitrogens with zero attached hydrogens (tertiary/aromatic N) is 4. The van der Waals surface area contributed by atoms with Crippen LogP contribution in [-0.2, 0) is 22.6 Å². The summed E-state index contributed by atoms with van der Waals surface area (Å²) < 4.78 is 7.45. The number of anilines is 1. The molecule has 0 saturated carbocycles. The van der Waals surface area contributed by atoms with Gasteiger partial charge >= 0.3 is 0 Å². The molecular formula is C21H23N5O3S. The highest BCUT2D eigenvalue weighted by Crippen LogP contribution is 2.25. The van der Waals surface area contributed by atoms with Gasteiger partial charge in [-0.2, -0.15) is 0 Å². The minimum Gasteiger partial charge on any atom is -0.467 e. The van der Waals surface area contributed by atoms with Crippen LogP contribution in [0.2, 0.25) is 0 Å². The Labute approximate surface area is 178 Å². The van der Waals surface area contributed by atoms with Gasteiger partial charge in [-0.3, -0.25) is 19.5 Å². The Morgan fingerprint density at radius 3 is 2.57 bits per heavy atom. The van der Waals surface area contributed by atoms with E-state index in [1.807, 2.05) is 47.0 Å². The number of carbonyl (C=O) groups excluding carboxylic acids is 2. The first kappa shape index (κ1) is 20.2. The van der Waals surface area contributed by atoms with Crippen molar-refractivity contribution < 1.29 is 14.0 Å². The van der Waals surface area contributed by atoms with Crippen molar-refractivity contribution in [3.05, 3.63) is 60.1 Å². The number of nitrogens with one attached hydrogen (secondary N) is 1. The van der Waals surface area contributed by atoms with Crippen LogP contribution < -0.4 is 10.2 Å². The number of furan rings is 1. The second kappa shape index (κ2) is 9.62. The molecule has 8 nitrogen and oxygen atoms in total. The molecule has 0 unspecified atom stereocenters. The average Bonchev–Trinajstić information content (AvgIpc) is 3.50. The lowest BCUT2D eigenvalue weighted by molar-refractivity contribution is -0.128. The molecule has 0 atom stereocenters. The number of thioether (sulfide) groups is 1. The minimum absolute atomic E-state index is 0.0802. The van der Waals surface area contributed by atoms with E-state index in [0.29, 0.717) is 11.7 Å². The smallest absolute Gasteiger partial charge is 0.237 e. The van der Waals surface area contributed by atoms with Gasteiger partial charge in [0, 0.05) is 13.1 Å². The topological polar surface area (TPSA) is 93.3 Å². The fraction of sp³-hybridized carbons (Fsp3) is 0.333. The Balaban J connectivity index is 1.38. The van der Waals surface area contributed by atoms with Gasteiger partial charge in [0.15, 0.2) is 5.16 Å². The Hall–Kier alpha value is -3.07. The lowest BCUT2D eigenvalue weighted by Gasteiger charge is -2.17. The molecule has 3 aromatic rings. The fourth-order valence-corrected chi connectivity index (χ4v) is 4.12. The Kier molecular flexibility index (Phi) is 6.48. The van der Waals surface area contributed by atoms with Crippen LogP contribution in [0, 0.1) is 0 Å². The maximum atomic E-state index is 12.3. The summed E-state index contributed by atoms with van der Waals surface area (Å²) in [5.74, 6) is 0.987. The molecule has 0 aliphatic carbocycles. The van der Waals surface area contributed by atoms with Crippen molar-refractivity contribution in [3.63, 3.8) is 0 Å². The number of carbonyl (C=O) groups is 2. The van der Waals surface area contributed by atoms with Crippen molar-refractivity contribution in [2.24, 2.45) is 0 Å². The van der Waals surface area contributed by atoms with E-state index in [2.05, 4.69) is 20.4 Å². The van der Waals surface area contributed by atoms with Crippen LogP contribution in [0.3, 0.4) is 0 Å². The zero-order valence-corrected chi connectivity index (χ0v) is 17.3. The number of hydrogen-bond acceptors (Lipinski definition) is 7. The Bertz CT molecular complexity index is 982. The molecule has 1 aliphatic rings. The molecule has 0 radical (unpaired) electrons. The van der Waals surface area contributed by atoms with E-state index in [1.165, 1.54) is 11.8 Å². The second-order valence-electron chi connectivity index (χ2n) is 7.06. The first-order chi connectivity index (χ1) is 14.7. The number of benzene rings is 1. The van der Waals surface area contributed by atoms with Crippen LogP contribution in [0.1, 0.15) is 24.2 Å². The standard InChI is InChI=1S/C21H23N5O3S/c27-18(13-16-7-2-1-3-8-16)22-19(28)15-30-21-24-23-20(25-10-4-5-11-25)26(21)14-17-9-6-12-29-17/h1-3,6-9,12H,4-5,10-11,13-15H2,(H,22,27,28). The summed E-state index contributed by atoms with van der Waals surface area (Å²) in [6.45, 7) is 2.37. The summed E-state index contributed by atoms with van der Waals surface area (Å²) in [6.07, 6.45) is 4.06. The fourth-order valence-electron chi connectivity index (χ4n) is 3.38. The average molecular weight is 426 g/mol. The first-order valence-electron chi connectivity index (χ1n) is 9.89. The maximum absolute atomic E-state index is 12.3. The van der Waals surface area contributed by atoms with E-state index in [4.69, 9.17) is 4.42 Å².